The maximum Gasteiger partial charge on any atom is 0.185 e. The summed E-state index contributed by atoms with van der Waals surface area (Å²) in [5.74, 6) is 1.15. The fourth-order valence-corrected chi connectivity index (χ4v) is 2.82. The summed E-state index contributed by atoms with van der Waals surface area (Å²) in [6.07, 6.45) is 2.14. The zero-order valence-electron chi connectivity index (χ0n) is 11.4. The van der Waals surface area contributed by atoms with Crippen LogP contribution < -0.4 is 10.2 Å². The lowest BCUT2D eigenvalue weighted by molar-refractivity contribution is 0.591. The normalized spacial score (nSPS) is 11.2. The predicted octanol–water partition coefficient (Wildman–Crippen LogP) is 2.75. The van der Waals surface area contributed by atoms with Crippen LogP contribution in [-0.4, -0.2) is 36.6 Å². The van der Waals surface area contributed by atoms with Gasteiger partial charge in [-0.05, 0) is 13.2 Å². The summed E-state index contributed by atoms with van der Waals surface area (Å²) in [7, 11) is 2.12. The molecule has 0 amide bonds. The van der Waals surface area contributed by atoms with E-state index in [9.17, 15) is 0 Å². The third-order valence-corrected chi connectivity index (χ3v) is 4.37. The monoisotopic (exact) mass is 273 g/mol. The number of nitrogens with zero attached hydrogens (tertiary/aromatic N) is 2. The van der Waals surface area contributed by atoms with Gasteiger partial charge in [0.1, 0.15) is 0 Å². The van der Waals surface area contributed by atoms with Gasteiger partial charge in [-0.3, -0.25) is 0 Å². The Bertz CT molecular complexity index is 336. The number of hydrogen-bond donors (Lipinski definition) is 1. The highest BCUT2D eigenvalue weighted by atomic mass is 32.2. The molecule has 0 spiro atoms. The Morgan fingerprint density at radius 3 is 2.76 bits per heavy atom. The molecule has 0 aliphatic rings. The minimum Gasteiger partial charge on any atom is -0.350 e. The number of thioether (sulfide) groups is 1. The van der Waals surface area contributed by atoms with Crippen molar-refractivity contribution in [1.82, 2.24) is 10.3 Å². The first-order chi connectivity index (χ1) is 8.04. The van der Waals surface area contributed by atoms with Gasteiger partial charge in [0.25, 0.3) is 0 Å². The molecular formula is C12H23N3S2. The van der Waals surface area contributed by atoms with Gasteiger partial charge in [0.2, 0.25) is 0 Å². The average molecular weight is 273 g/mol. The highest BCUT2D eigenvalue weighted by Gasteiger charge is 2.10. The minimum atomic E-state index is 0.522. The zero-order chi connectivity index (χ0) is 12.8. The SMILES string of the molecule is CSCCN(C)c1nc(C)c(CNC(C)C)s1. The first-order valence-corrected chi connectivity index (χ1v) is 8.15. The van der Waals surface area contributed by atoms with Crippen LogP contribution in [0.5, 0.6) is 0 Å². The summed E-state index contributed by atoms with van der Waals surface area (Å²) in [5, 5.41) is 4.58. The summed E-state index contributed by atoms with van der Waals surface area (Å²) in [5.41, 5.74) is 1.16. The number of hydrogen-bond acceptors (Lipinski definition) is 5. The summed E-state index contributed by atoms with van der Waals surface area (Å²) in [6.45, 7) is 8.42. The standard InChI is InChI=1S/C12H23N3S2/c1-9(2)13-8-11-10(3)14-12(17-11)15(4)6-7-16-5/h9,13H,6-8H2,1-5H3. The Labute approximate surface area is 113 Å². The maximum absolute atomic E-state index is 4.64. The average Bonchev–Trinajstić information content (AvgIpc) is 2.65. The molecule has 1 aromatic heterocycles. The van der Waals surface area contributed by atoms with Crippen LogP contribution in [0.4, 0.5) is 5.13 Å². The minimum absolute atomic E-state index is 0.522. The second-order valence-corrected chi connectivity index (χ2v) is 6.50. The number of rotatable bonds is 7. The summed E-state index contributed by atoms with van der Waals surface area (Å²) in [4.78, 5) is 8.23. The van der Waals surface area contributed by atoms with Gasteiger partial charge in [-0.1, -0.05) is 13.8 Å². The lowest BCUT2D eigenvalue weighted by Crippen LogP contribution is -2.21. The van der Waals surface area contributed by atoms with Crippen molar-refractivity contribution in [2.24, 2.45) is 0 Å². The summed E-state index contributed by atoms with van der Waals surface area (Å²) < 4.78 is 0. The van der Waals surface area contributed by atoms with E-state index in [1.165, 1.54) is 4.88 Å². The van der Waals surface area contributed by atoms with Crippen molar-refractivity contribution in [3.63, 3.8) is 0 Å². The van der Waals surface area contributed by atoms with Crippen molar-refractivity contribution in [2.45, 2.75) is 33.4 Å². The van der Waals surface area contributed by atoms with Crippen LogP contribution in [0.25, 0.3) is 0 Å². The Kier molecular flexibility index (Phi) is 6.30. The van der Waals surface area contributed by atoms with E-state index < -0.39 is 0 Å². The van der Waals surface area contributed by atoms with E-state index in [0.29, 0.717) is 6.04 Å². The van der Waals surface area contributed by atoms with E-state index >= 15 is 0 Å². The molecule has 98 valence electrons. The van der Waals surface area contributed by atoms with Gasteiger partial charge in [0, 0.05) is 36.8 Å². The molecule has 0 fully saturated rings. The van der Waals surface area contributed by atoms with Crippen molar-refractivity contribution in [3.8, 4) is 0 Å². The molecule has 1 N–H and O–H groups in total. The smallest absolute Gasteiger partial charge is 0.185 e. The maximum atomic E-state index is 4.64. The Morgan fingerprint density at radius 1 is 1.47 bits per heavy atom. The molecule has 0 atom stereocenters. The Morgan fingerprint density at radius 2 is 2.18 bits per heavy atom. The molecule has 0 unspecified atom stereocenters. The number of thiazole rings is 1. The van der Waals surface area contributed by atoms with Crippen LogP contribution in [0.1, 0.15) is 24.4 Å². The first kappa shape index (κ1) is 14.8. The van der Waals surface area contributed by atoms with E-state index in [4.69, 9.17) is 0 Å². The second-order valence-electron chi connectivity index (χ2n) is 4.45. The molecule has 0 bridgehead atoms. The van der Waals surface area contributed by atoms with Gasteiger partial charge in [0.05, 0.1) is 5.69 Å². The molecule has 1 heterocycles. The van der Waals surface area contributed by atoms with Crippen LogP contribution in [-0.2, 0) is 6.54 Å². The molecule has 1 rings (SSSR count). The number of aromatic nitrogens is 1. The van der Waals surface area contributed by atoms with E-state index in [1.54, 1.807) is 11.3 Å². The molecule has 0 aliphatic carbocycles. The fraction of sp³-hybridized carbons (Fsp3) is 0.750. The van der Waals surface area contributed by atoms with E-state index in [-0.39, 0.29) is 0 Å². The first-order valence-electron chi connectivity index (χ1n) is 5.94. The molecule has 0 aromatic carbocycles. The highest BCUT2D eigenvalue weighted by molar-refractivity contribution is 7.98. The van der Waals surface area contributed by atoms with Gasteiger partial charge in [-0.15, -0.1) is 11.3 Å². The lowest BCUT2D eigenvalue weighted by Gasteiger charge is -2.14. The quantitative estimate of drug-likeness (QED) is 0.827. The van der Waals surface area contributed by atoms with E-state index in [2.05, 4.69) is 49.3 Å². The number of nitrogens with one attached hydrogen (secondary N) is 1. The Balaban J connectivity index is 2.60. The lowest BCUT2D eigenvalue weighted by atomic mass is 10.3. The van der Waals surface area contributed by atoms with Crippen LogP contribution in [0.15, 0.2) is 0 Å². The van der Waals surface area contributed by atoms with Crippen molar-refractivity contribution in [1.29, 1.82) is 0 Å². The summed E-state index contributed by atoms with van der Waals surface area (Å²) >= 11 is 3.68. The number of aryl methyl sites for hydroxylation is 1. The van der Waals surface area contributed by atoms with Gasteiger partial charge >= 0.3 is 0 Å². The largest absolute Gasteiger partial charge is 0.350 e. The molecule has 5 heteroatoms. The van der Waals surface area contributed by atoms with Gasteiger partial charge in [-0.2, -0.15) is 11.8 Å². The molecular weight excluding hydrogens is 250 g/mol. The second kappa shape index (κ2) is 7.24. The van der Waals surface area contributed by atoms with Crippen molar-refractivity contribution in [3.05, 3.63) is 10.6 Å². The molecule has 0 aliphatic heterocycles. The van der Waals surface area contributed by atoms with Crippen molar-refractivity contribution < 1.29 is 0 Å². The van der Waals surface area contributed by atoms with Crippen LogP contribution in [0, 0.1) is 6.92 Å². The van der Waals surface area contributed by atoms with Crippen molar-refractivity contribution in [2.75, 3.05) is 30.5 Å². The molecule has 0 radical (unpaired) electrons. The molecule has 3 nitrogen and oxygen atoms in total. The third-order valence-electron chi connectivity index (χ3n) is 2.51. The molecule has 0 saturated heterocycles. The predicted molar refractivity (Wildman–Crippen MR) is 80.5 cm³/mol. The highest BCUT2D eigenvalue weighted by Crippen LogP contribution is 2.25. The topological polar surface area (TPSA) is 28.2 Å². The van der Waals surface area contributed by atoms with Crippen molar-refractivity contribution >= 4 is 28.2 Å². The summed E-state index contributed by atoms with van der Waals surface area (Å²) in [6, 6.07) is 0.522. The van der Waals surface area contributed by atoms with Gasteiger partial charge in [0.15, 0.2) is 5.13 Å². The van der Waals surface area contributed by atoms with Crippen LogP contribution >= 0.6 is 23.1 Å². The zero-order valence-corrected chi connectivity index (χ0v) is 13.0. The third kappa shape index (κ3) is 4.85. The molecule has 1 aromatic rings. The van der Waals surface area contributed by atoms with Crippen LogP contribution in [0.3, 0.4) is 0 Å². The van der Waals surface area contributed by atoms with Gasteiger partial charge < -0.3 is 10.2 Å². The van der Waals surface area contributed by atoms with Crippen LogP contribution in [0.2, 0.25) is 0 Å². The molecule has 17 heavy (non-hydrogen) atoms. The molecule has 0 saturated carbocycles. The number of anilines is 1. The fourth-order valence-electron chi connectivity index (χ4n) is 1.36. The Hall–Kier alpha value is -0.260. The van der Waals surface area contributed by atoms with E-state index in [1.807, 2.05) is 11.8 Å². The van der Waals surface area contributed by atoms with Gasteiger partial charge in [-0.25, -0.2) is 4.98 Å². The van der Waals surface area contributed by atoms with E-state index in [0.717, 1.165) is 29.7 Å².